The molecule has 0 aromatic heterocycles. The third kappa shape index (κ3) is 5.39. The monoisotopic (exact) mass is 655 g/mol. The Morgan fingerprint density at radius 3 is 2.42 bits per heavy atom. The van der Waals surface area contributed by atoms with Gasteiger partial charge >= 0.3 is 0 Å². The smallest absolute Gasteiger partial charge is 0.248 e. The lowest BCUT2D eigenvalue weighted by molar-refractivity contribution is -0.154. The van der Waals surface area contributed by atoms with E-state index in [-0.39, 0.29) is 47.7 Å². The van der Waals surface area contributed by atoms with Gasteiger partial charge in [0.1, 0.15) is 11.6 Å². The van der Waals surface area contributed by atoms with Gasteiger partial charge in [0.2, 0.25) is 17.7 Å². The van der Waals surface area contributed by atoms with Gasteiger partial charge in [0.25, 0.3) is 0 Å². The molecule has 43 heavy (non-hydrogen) atoms. The van der Waals surface area contributed by atoms with E-state index < -0.39 is 35.6 Å². The molecule has 1 aliphatic carbocycles. The minimum absolute atomic E-state index is 0.0554. The Morgan fingerprint density at radius 1 is 1.14 bits per heavy atom. The molecule has 4 aliphatic rings. The highest BCUT2D eigenvalue weighted by Gasteiger charge is 2.77. The summed E-state index contributed by atoms with van der Waals surface area (Å²) in [6.45, 7) is 12.2. The summed E-state index contributed by atoms with van der Waals surface area (Å²) in [5.41, 5.74) is -0.466. The molecule has 1 spiro atoms. The number of carbonyl (C=O) groups is 3. The van der Waals surface area contributed by atoms with Crippen LogP contribution < -0.4 is 4.90 Å². The Balaban J connectivity index is 1.61. The van der Waals surface area contributed by atoms with Crippen molar-refractivity contribution in [3.63, 3.8) is 0 Å². The summed E-state index contributed by atoms with van der Waals surface area (Å²) >= 11 is 3.80. The molecule has 2 bridgehead atoms. The standard InChI is InChI=1S/C34H46BrN3O5/c1-5-18-36(23-14-10-8-11-15-23)31(40)27-28-32(41)38(26(21-39)22(4)7-3)30(34(28)20-25(35)29(27)43-34)33(42)37(19-6-2)24-16-12-9-13-17-24/h5-6,8,10-11,14-15,22,24-30,39H,1-2,7,9,12-13,16-21H2,3-4H3/t22-,25?,26-,27+,28-,29+,30?,34?/m0/s1. The van der Waals surface area contributed by atoms with Crippen LogP contribution >= 0.6 is 15.9 Å². The Bertz CT molecular complexity index is 1210. The quantitative estimate of drug-likeness (QED) is 0.260. The first kappa shape index (κ1) is 31.9. The largest absolute Gasteiger partial charge is 0.394 e. The Morgan fingerprint density at radius 2 is 1.81 bits per heavy atom. The molecule has 3 saturated heterocycles. The molecule has 4 fully saturated rings. The highest BCUT2D eigenvalue weighted by molar-refractivity contribution is 9.09. The number of carbonyl (C=O) groups excluding carboxylic acids is 3. The van der Waals surface area contributed by atoms with Gasteiger partial charge in [-0.1, -0.05) is 85.8 Å². The molecule has 3 aliphatic heterocycles. The zero-order valence-corrected chi connectivity index (χ0v) is 27.0. The lowest BCUT2D eigenvalue weighted by atomic mass is 9.70. The van der Waals surface area contributed by atoms with Gasteiger partial charge in [-0.3, -0.25) is 14.4 Å². The van der Waals surface area contributed by atoms with Crippen LogP contribution in [-0.2, 0) is 19.1 Å². The van der Waals surface area contributed by atoms with Gasteiger partial charge in [0, 0.05) is 29.6 Å². The molecule has 3 heterocycles. The Hall–Kier alpha value is -2.49. The predicted molar refractivity (Wildman–Crippen MR) is 171 cm³/mol. The van der Waals surface area contributed by atoms with E-state index in [0.717, 1.165) is 38.5 Å². The maximum atomic E-state index is 14.9. The first-order valence-corrected chi connectivity index (χ1v) is 16.8. The number of fused-ring (bicyclic) bond motifs is 1. The number of ether oxygens (including phenoxy) is 1. The SMILES string of the molecule is C=CCN(C(=O)[C@H]1[C@@H]2OC3(CC2Br)C(C(=O)N(CC=C)C2CCCCC2)N([C@@H](CO)[C@@H](C)CC)C(=O)[C@H]13)c1ccccc1. The number of alkyl halides is 1. The van der Waals surface area contributed by atoms with Gasteiger partial charge in [-0.05, 0) is 37.3 Å². The summed E-state index contributed by atoms with van der Waals surface area (Å²) in [4.78, 5) is 49.1. The third-order valence-corrected chi connectivity index (χ3v) is 11.2. The van der Waals surface area contributed by atoms with Crippen LogP contribution in [0.1, 0.15) is 58.8 Å². The summed E-state index contributed by atoms with van der Waals surface area (Å²) in [5.74, 6) is -2.33. The minimum atomic E-state index is -1.18. The van der Waals surface area contributed by atoms with E-state index in [9.17, 15) is 19.5 Å². The second-order valence-electron chi connectivity index (χ2n) is 12.7. The number of benzene rings is 1. The zero-order valence-electron chi connectivity index (χ0n) is 25.4. The van der Waals surface area contributed by atoms with E-state index in [1.54, 1.807) is 22.0 Å². The first-order chi connectivity index (χ1) is 20.7. The van der Waals surface area contributed by atoms with Crippen molar-refractivity contribution in [2.24, 2.45) is 17.8 Å². The van der Waals surface area contributed by atoms with E-state index in [1.165, 1.54) is 0 Å². The van der Waals surface area contributed by atoms with Crippen LogP contribution in [0.25, 0.3) is 0 Å². The van der Waals surface area contributed by atoms with Crippen LogP contribution in [0.3, 0.4) is 0 Å². The van der Waals surface area contributed by atoms with E-state index in [1.807, 2.05) is 49.1 Å². The second-order valence-corrected chi connectivity index (χ2v) is 13.9. The number of para-hydroxylation sites is 1. The van der Waals surface area contributed by atoms with Gasteiger partial charge in [0.15, 0.2) is 0 Å². The average Bonchev–Trinajstić information content (AvgIpc) is 3.62. The van der Waals surface area contributed by atoms with Crippen molar-refractivity contribution in [3.8, 4) is 0 Å². The van der Waals surface area contributed by atoms with Crippen LogP contribution in [0.5, 0.6) is 0 Å². The van der Waals surface area contributed by atoms with Crippen LogP contribution in [0.2, 0.25) is 0 Å². The van der Waals surface area contributed by atoms with Crippen LogP contribution in [0.4, 0.5) is 5.69 Å². The minimum Gasteiger partial charge on any atom is -0.394 e. The molecule has 3 amide bonds. The average molecular weight is 657 g/mol. The number of hydrogen-bond donors (Lipinski definition) is 1. The number of hydrogen-bond acceptors (Lipinski definition) is 5. The molecule has 1 N–H and O–H groups in total. The van der Waals surface area contributed by atoms with Gasteiger partial charge in [-0.25, -0.2) is 0 Å². The number of amides is 3. The van der Waals surface area contributed by atoms with Crippen molar-refractivity contribution in [2.75, 3.05) is 24.6 Å². The van der Waals surface area contributed by atoms with E-state index in [4.69, 9.17) is 4.74 Å². The van der Waals surface area contributed by atoms with Crippen molar-refractivity contribution >= 4 is 39.3 Å². The highest BCUT2D eigenvalue weighted by Crippen LogP contribution is 2.61. The second kappa shape index (κ2) is 13.2. The number of aliphatic hydroxyl groups excluding tert-OH is 1. The van der Waals surface area contributed by atoms with Crippen molar-refractivity contribution in [3.05, 3.63) is 55.6 Å². The summed E-state index contributed by atoms with van der Waals surface area (Å²) in [5, 5.41) is 10.7. The Labute approximate surface area is 264 Å². The maximum absolute atomic E-state index is 14.9. The molecule has 0 radical (unpaired) electrons. The molecule has 9 heteroatoms. The Kier molecular flexibility index (Phi) is 9.83. The molecule has 8 nitrogen and oxygen atoms in total. The molecule has 1 saturated carbocycles. The normalized spacial score (nSPS) is 31.4. The van der Waals surface area contributed by atoms with Gasteiger partial charge in [-0.15, -0.1) is 13.2 Å². The van der Waals surface area contributed by atoms with Crippen molar-refractivity contribution in [1.82, 2.24) is 9.80 Å². The fourth-order valence-electron chi connectivity index (χ4n) is 8.15. The van der Waals surface area contributed by atoms with Crippen LogP contribution in [-0.4, -0.2) is 87.0 Å². The number of nitrogens with zero attached hydrogens (tertiary/aromatic N) is 3. The van der Waals surface area contributed by atoms with Crippen LogP contribution in [0, 0.1) is 17.8 Å². The molecule has 3 unspecified atom stereocenters. The summed E-state index contributed by atoms with van der Waals surface area (Å²) in [7, 11) is 0. The highest BCUT2D eigenvalue weighted by atomic mass is 79.9. The van der Waals surface area contributed by atoms with Crippen molar-refractivity contribution in [1.29, 1.82) is 0 Å². The summed E-state index contributed by atoms with van der Waals surface area (Å²) in [6.07, 6.45) is 9.09. The molecule has 234 valence electrons. The zero-order chi connectivity index (χ0) is 30.9. The fraction of sp³-hybridized carbons (Fsp3) is 0.618. The van der Waals surface area contributed by atoms with Gasteiger partial charge in [0.05, 0.1) is 30.6 Å². The molecular weight excluding hydrogens is 610 g/mol. The molecule has 1 aromatic carbocycles. The van der Waals surface area contributed by atoms with E-state index in [0.29, 0.717) is 18.7 Å². The molecule has 5 rings (SSSR count). The number of halogens is 1. The molecule has 8 atom stereocenters. The first-order valence-electron chi connectivity index (χ1n) is 15.9. The lowest BCUT2D eigenvalue weighted by Crippen LogP contribution is -2.61. The fourth-order valence-corrected chi connectivity index (χ4v) is 9.09. The number of aliphatic hydroxyl groups is 1. The van der Waals surface area contributed by atoms with E-state index in [2.05, 4.69) is 29.1 Å². The predicted octanol–water partition coefficient (Wildman–Crippen LogP) is 4.71. The number of rotatable bonds is 12. The van der Waals surface area contributed by atoms with Crippen molar-refractivity contribution in [2.45, 2.75) is 93.5 Å². The molecule has 1 aromatic rings. The van der Waals surface area contributed by atoms with E-state index >= 15 is 0 Å². The van der Waals surface area contributed by atoms with Gasteiger partial charge in [-0.2, -0.15) is 0 Å². The third-order valence-electron chi connectivity index (χ3n) is 10.4. The van der Waals surface area contributed by atoms with Gasteiger partial charge < -0.3 is 24.5 Å². The van der Waals surface area contributed by atoms with Crippen molar-refractivity contribution < 1.29 is 24.2 Å². The summed E-state index contributed by atoms with van der Waals surface area (Å²) < 4.78 is 6.81. The summed E-state index contributed by atoms with van der Waals surface area (Å²) in [6, 6.07) is 7.92. The van der Waals surface area contributed by atoms with Crippen LogP contribution in [0.15, 0.2) is 55.6 Å². The topological polar surface area (TPSA) is 90.4 Å². The number of anilines is 1. The maximum Gasteiger partial charge on any atom is 0.248 e. The lowest BCUT2D eigenvalue weighted by Gasteiger charge is -2.43. The number of likely N-dealkylation sites (tertiary alicyclic amines) is 1. The molecular formula is C34H46BrN3O5.